The van der Waals surface area contributed by atoms with E-state index in [0.29, 0.717) is 13.1 Å². The van der Waals surface area contributed by atoms with Gasteiger partial charge in [-0.2, -0.15) is 5.10 Å². The fraction of sp³-hybridized carbons (Fsp3) is 0.533. The maximum Gasteiger partial charge on any atom is 0.0907 e. The van der Waals surface area contributed by atoms with Crippen LogP contribution in [0.25, 0.3) is 10.9 Å². The molecule has 1 saturated heterocycles. The first-order valence-corrected chi connectivity index (χ1v) is 7.31. The molecule has 1 aromatic heterocycles. The van der Waals surface area contributed by atoms with Gasteiger partial charge < -0.3 is 15.7 Å². The molecule has 1 atom stereocenters. The number of rotatable bonds is 6. The van der Waals surface area contributed by atoms with E-state index in [0.717, 1.165) is 32.5 Å². The molecule has 1 aliphatic rings. The molecule has 0 amide bonds. The molecule has 2 heterocycles. The lowest BCUT2D eigenvalue weighted by molar-refractivity contribution is 0.0612. The zero-order valence-electron chi connectivity index (χ0n) is 11.7. The van der Waals surface area contributed by atoms with Crippen LogP contribution in [-0.4, -0.2) is 46.7 Å². The minimum atomic E-state index is -0.557. The standard InChI is InChI=1S/C15H22N4O/c20-15(6-8-17-12-15)11-16-7-3-9-19-14-5-2-1-4-13(14)10-18-19/h1-2,4-5,10,16-17,20H,3,6-9,11-12H2/t15-/m1/s1. The van der Waals surface area contributed by atoms with Crippen LogP contribution in [0.15, 0.2) is 30.5 Å². The number of nitrogens with one attached hydrogen (secondary N) is 2. The summed E-state index contributed by atoms with van der Waals surface area (Å²) < 4.78 is 2.04. The summed E-state index contributed by atoms with van der Waals surface area (Å²) in [5.41, 5.74) is 0.629. The lowest BCUT2D eigenvalue weighted by Gasteiger charge is -2.21. The normalized spacial score (nSPS) is 22.6. The van der Waals surface area contributed by atoms with Crippen molar-refractivity contribution in [3.63, 3.8) is 0 Å². The first-order chi connectivity index (χ1) is 9.77. The van der Waals surface area contributed by atoms with Crippen LogP contribution < -0.4 is 10.6 Å². The summed E-state index contributed by atoms with van der Waals surface area (Å²) in [6.45, 7) is 4.08. The monoisotopic (exact) mass is 274 g/mol. The Morgan fingerprint density at radius 2 is 2.30 bits per heavy atom. The van der Waals surface area contributed by atoms with Crippen molar-refractivity contribution in [2.75, 3.05) is 26.2 Å². The number of nitrogens with zero attached hydrogens (tertiary/aromatic N) is 2. The Morgan fingerprint density at radius 1 is 1.40 bits per heavy atom. The van der Waals surface area contributed by atoms with Crippen LogP contribution >= 0.6 is 0 Å². The Labute approximate surface area is 119 Å². The average Bonchev–Trinajstić information content (AvgIpc) is 3.06. The lowest BCUT2D eigenvalue weighted by atomic mass is 10.0. The van der Waals surface area contributed by atoms with Gasteiger partial charge in [-0.1, -0.05) is 18.2 Å². The van der Waals surface area contributed by atoms with Gasteiger partial charge in [-0.25, -0.2) is 0 Å². The molecule has 5 heteroatoms. The van der Waals surface area contributed by atoms with Gasteiger partial charge in [-0.15, -0.1) is 0 Å². The molecule has 0 unspecified atom stereocenters. The quantitative estimate of drug-likeness (QED) is 0.680. The maximum absolute atomic E-state index is 10.2. The van der Waals surface area contributed by atoms with Crippen LogP contribution in [0.5, 0.6) is 0 Å². The van der Waals surface area contributed by atoms with Gasteiger partial charge in [0.1, 0.15) is 0 Å². The number of aliphatic hydroxyl groups is 1. The predicted molar refractivity (Wildman–Crippen MR) is 79.7 cm³/mol. The van der Waals surface area contributed by atoms with Gasteiger partial charge in [0, 0.05) is 25.0 Å². The fourth-order valence-corrected chi connectivity index (χ4v) is 2.76. The Balaban J connectivity index is 1.44. The van der Waals surface area contributed by atoms with Crippen LogP contribution in [-0.2, 0) is 6.54 Å². The Kier molecular flexibility index (Phi) is 4.00. The van der Waals surface area contributed by atoms with Crippen LogP contribution in [0.4, 0.5) is 0 Å². The van der Waals surface area contributed by atoms with E-state index in [1.807, 2.05) is 23.0 Å². The molecule has 3 N–H and O–H groups in total. The summed E-state index contributed by atoms with van der Waals surface area (Å²) in [6.07, 6.45) is 3.76. The van der Waals surface area contributed by atoms with Gasteiger partial charge in [0.25, 0.3) is 0 Å². The summed E-state index contributed by atoms with van der Waals surface area (Å²) >= 11 is 0. The highest BCUT2D eigenvalue weighted by Crippen LogP contribution is 2.13. The number of para-hydroxylation sites is 1. The molecular weight excluding hydrogens is 252 g/mol. The third-order valence-electron chi connectivity index (χ3n) is 3.95. The van der Waals surface area contributed by atoms with Gasteiger partial charge in [-0.05, 0) is 32.0 Å². The minimum absolute atomic E-state index is 0.557. The highest BCUT2D eigenvalue weighted by atomic mass is 16.3. The Hall–Kier alpha value is -1.43. The summed E-state index contributed by atoms with van der Waals surface area (Å²) in [4.78, 5) is 0. The van der Waals surface area contributed by atoms with Gasteiger partial charge in [0.15, 0.2) is 0 Å². The fourth-order valence-electron chi connectivity index (χ4n) is 2.76. The SMILES string of the molecule is O[C@@]1(CNCCCn2ncc3ccccc32)CCNC1. The van der Waals surface area contributed by atoms with Crippen LogP contribution in [0.3, 0.4) is 0 Å². The van der Waals surface area contributed by atoms with E-state index >= 15 is 0 Å². The van der Waals surface area contributed by atoms with Gasteiger partial charge in [0.05, 0.1) is 17.3 Å². The van der Waals surface area contributed by atoms with Crippen molar-refractivity contribution >= 4 is 10.9 Å². The molecule has 0 saturated carbocycles. The van der Waals surface area contributed by atoms with Gasteiger partial charge >= 0.3 is 0 Å². The molecule has 108 valence electrons. The first-order valence-electron chi connectivity index (χ1n) is 7.31. The lowest BCUT2D eigenvalue weighted by Crippen LogP contribution is -2.42. The molecule has 0 radical (unpaired) electrons. The zero-order chi connectivity index (χ0) is 13.8. The van der Waals surface area contributed by atoms with Crippen LogP contribution in [0.1, 0.15) is 12.8 Å². The molecule has 1 fully saturated rings. The van der Waals surface area contributed by atoms with Crippen LogP contribution in [0, 0.1) is 0 Å². The zero-order valence-corrected chi connectivity index (χ0v) is 11.7. The molecule has 0 spiro atoms. The number of hydrogen-bond donors (Lipinski definition) is 3. The maximum atomic E-state index is 10.2. The van der Waals surface area contributed by atoms with E-state index in [2.05, 4.69) is 27.9 Å². The number of benzene rings is 1. The van der Waals surface area contributed by atoms with Gasteiger partial charge in [0.2, 0.25) is 0 Å². The minimum Gasteiger partial charge on any atom is -0.387 e. The van der Waals surface area contributed by atoms with Gasteiger partial charge in [-0.3, -0.25) is 4.68 Å². The third-order valence-corrected chi connectivity index (χ3v) is 3.95. The average molecular weight is 274 g/mol. The molecule has 1 aliphatic heterocycles. The van der Waals surface area contributed by atoms with Crippen molar-refractivity contribution in [2.45, 2.75) is 25.0 Å². The summed E-state index contributed by atoms with van der Waals surface area (Å²) in [5.74, 6) is 0. The van der Waals surface area contributed by atoms with Crippen molar-refractivity contribution in [1.29, 1.82) is 0 Å². The van der Waals surface area contributed by atoms with E-state index < -0.39 is 5.60 Å². The third kappa shape index (κ3) is 3.00. The summed E-state index contributed by atoms with van der Waals surface area (Å²) in [5, 5.41) is 22.3. The number of aryl methyl sites for hydroxylation is 1. The van der Waals surface area contributed by atoms with E-state index in [1.54, 1.807) is 0 Å². The smallest absolute Gasteiger partial charge is 0.0907 e. The largest absolute Gasteiger partial charge is 0.387 e. The molecule has 2 aromatic rings. The van der Waals surface area contributed by atoms with Crippen molar-refractivity contribution in [3.8, 4) is 0 Å². The molecule has 1 aromatic carbocycles. The Bertz CT molecular complexity index is 560. The van der Waals surface area contributed by atoms with E-state index in [1.165, 1.54) is 10.9 Å². The van der Waals surface area contributed by atoms with Crippen molar-refractivity contribution in [2.24, 2.45) is 0 Å². The highest BCUT2D eigenvalue weighted by Gasteiger charge is 2.29. The van der Waals surface area contributed by atoms with E-state index in [4.69, 9.17) is 0 Å². The van der Waals surface area contributed by atoms with Crippen molar-refractivity contribution < 1.29 is 5.11 Å². The van der Waals surface area contributed by atoms with Crippen molar-refractivity contribution in [3.05, 3.63) is 30.5 Å². The molecule has 0 aliphatic carbocycles. The van der Waals surface area contributed by atoms with Crippen molar-refractivity contribution in [1.82, 2.24) is 20.4 Å². The molecule has 0 bridgehead atoms. The van der Waals surface area contributed by atoms with E-state index in [-0.39, 0.29) is 0 Å². The predicted octanol–water partition coefficient (Wildman–Crippen LogP) is 0.740. The second-order valence-electron chi connectivity index (χ2n) is 5.61. The van der Waals surface area contributed by atoms with E-state index in [9.17, 15) is 5.11 Å². The summed E-state index contributed by atoms with van der Waals surface area (Å²) in [6, 6.07) is 8.26. The molecule has 20 heavy (non-hydrogen) atoms. The first kappa shape index (κ1) is 13.5. The second-order valence-corrected chi connectivity index (χ2v) is 5.61. The molecule has 3 rings (SSSR count). The topological polar surface area (TPSA) is 62.1 Å². The molecule has 5 nitrogen and oxygen atoms in total. The molecular formula is C15H22N4O. The number of β-amino-alcohol motifs (C(OH)–C–C–N with tert-alkyl or cyclic N) is 1. The number of hydrogen-bond acceptors (Lipinski definition) is 4. The number of aromatic nitrogens is 2. The summed E-state index contributed by atoms with van der Waals surface area (Å²) in [7, 11) is 0. The highest BCUT2D eigenvalue weighted by molar-refractivity contribution is 5.78. The second kappa shape index (κ2) is 5.91. The van der Waals surface area contributed by atoms with Crippen LogP contribution in [0.2, 0.25) is 0 Å². The Morgan fingerprint density at radius 3 is 3.15 bits per heavy atom. The number of fused-ring (bicyclic) bond motifs is 1.